The van der Waals surface area contributed by atoms with Gasteiger partial charge in [-0.1, -0.05) is 39.3 Å². The molecule has 116 valence electrons. The lowest BCUT2D eigenvalue weighted by Crippen LogP contribution is -2.06. The summed E-state index contributed by atoms with van der Waals surface area (Å²) >= 11 is 0. The number of benzene rings is 1. The maximum atomic E-state index is 12.7. The molecule has 0 aliphatic carbocycles. The second kappa shape index (κ2) is 9.16. The molecule has 0 aliphatic rings. The van der Waals surface area contributed by atoms with Crippen molar-refractivity contribution in [2.75, 3.05) is 0 Å². The van der Waals surface area contributed by atoms with Crippen molar-refractivity contribution in [2.45, 2.75) is 39.8 Å². The second-order valence-electron chi connectivity index (χ2n) is 3.92. The maximum Gasteiger partial charge on any atom is 0.417 e. The zero-order valence-electron chi connectivity index (χ0n) is 12.8. The van der Waals surface area contributed by atoms with Crippen LogP contribution in [0.25, 0.3) is 10.9 Å². The van der Waals surface area contributed by atoms with Gasteiger partial charge in [0.1, 0.15) is 0 Å². The Morgan fingerprint density at radius 1 is 1.05 bits per heavy atom. The van der Waals surface area contributed by atoms with Gasteiger partial charge >= 0.3 is 6.18 Å². The summed E-state index contributed by atoms with van der Waals surface area (Å²) in [5.74, 6) is 0. The van der Waals surface area contributed by atoms with Crippen molar-refractivity contribution in [1.82, 2.24) is 4.98 Å². The molecule has 1 nitrogen and oxygen atoms in total. The van der Waals surface area contributed by atoms with Crippen LogP contribution in [0.15, 0.2) is 43.5 Å². The third kappa shape index (κ3) is 5.21. The Kier molecular flexibility index (Phi) is 8.36. The van der Waals surface area contributed by atoms with Crippen molar-refractivity contribution in [3.05, 3.63) is 54.7 Å². The van der Waals surface area contributed by atoms with Crippen molar-refractivity contribution in [1.29, 1.82) is 0 Å². The van der Waals surface area contributed by atoms with E-state index in [4.69, 9.17) is 0 Å². The fraction of sp³-hybridized carbons (Fsp3) is 0.353. The summed E-state index contributed by atoms with van der Waals surface area (Å²) in [6.45, 7) is 12.0. The molecule has 0 unspecified atom stereocenters. The molecule has 1 aromatic carbocycles. The molecular formula is C17H22F3N. The molecule has 0 spiro atoms. The molecule has 0 N–H and O–H groups in total. The number of halogens is 3. The summed E-state index contributed by atoms with van der Waals surface area (Å²) in [4.78, 5) is 4.24. The first-order valence-corrected chi connectivity index (χ1v) is 6.98. The predicted molar refractivity (Wildman–Crippen MR) is 83.3 cm³/mol. The van der Waals surface area contributed by atoms with Gasteiger partial charge in [-0.15, -0.1) is 13.2 Å². The molecule has 0 saturated carbocycles. The van der Waals surface area contributed by atoms with Gasteiger partial charge in [-0.2, -0.15) is 13.2 Å². The summed E-state index contributed by atoms with van der Waals surface area (Å²) in [7, 11) is 0. The van der Waals surface area contributed by atoms with Gasteiger partial charge in [0.25, 0.3) is 0 Å². The number of nitrogens with zero attached hydrogens (tertiary/aromatic N) is 1. The summed E-state index contributed by atoms with van der Waals surface area (Å²) in [6, 6.07) is 7.28. The largest absolute Gasteiger partial charge is 0.417 e. The Hall–Kier alpha value is -1.84. The van der Waals surface area contributed by atoms with Crippen molar-refractivity contribution >= 4 is 10.9 Å². The van der Waals surface area contributed by atoms with Crippen LogP contribution in [0.5, 0.6) is 0 Å². The molecular weight excluding hydrogens is 275 g/mol. The zero-order chi connectivity index (χ0) is 16.5. The average Bonchev–Trinajstić information content (AvgIpc) is 2.50. The van der Waals surface area contributed by atoms with Crippen LogP contribution in [0.3, 0.4) is 0 Å². The highest BCUT2D eigenvalue weighted by atomic mass is 19.4. The van der Waals surface area contributed by atoms with Crippen molar-refractivity contribution in [2.24, 2.45) is 0 Å². The van der Waals surface area contributed by atoms with E-state index in [1.54, 1.807) is 12.1 Å². The molecule has 0 saturated heterocycles. The number of aromatic nitrogens is 1. The van der Waals surface area contributed by atoms with Crippen LogP contribution in [0.1, 0.15) is 38.4 Å². The zero-order valence-corrected chi connectivity index (χ0v) is 12.8. The van der Waals surface area contributed by atoms with Gasteiger partial charge in [-0.3, -0.25) is 4.98 Å². The van der Waals surface area contributed by atoms with Gasteiger partial charge in [0.05, 0.1) is 11.1 Å². The molecule has 1 heterocycles. The van der Waals surface area contributed by atoms with Crippen molar-refractivity contribution in [3.8, 4) is 0 Å². The third-order valence-corrected chi connectivity index (χ3v) is 2.60. The van der Waals surface area contributed by atoms with Gasteiger partial charge in [0.15, 0.2) is 0 Å². The first-order valence-electron chi connectivity index (χ1n) is 6.98. The van der Waals surface area contributed by atoms with E-state index in [0.717, 1.165) is 24.6 Å². The van der Waals surface area contributed by atoms with E-state index in [9.17, 15) is 13.2 Å². The van der Waals surface area contributed by atoms with E-state index in [-0.39, 0.29) is 5.39 Å². The highest BCUT2D eigenvalue weighted by molar-refractivity contribution is 5.82. The Morgan fingerprint density at radius 2 is 1.67 bits per heavy atom. The highest BCUT2D eigenvalue weighted by Crippen LogP contribution is 2.34. The normalized spacial score (nSPS) is 10.2. The second-order valence-corrected chi connectivity index (χ2v) is 3.92. The fourth-order valence-electron chi connectivity index (χ4n) is 1.84. The topological polar surface area (TPSA) is 12.9 Å². The number of alkyl halides is 3. The molecule has 1 aromatic heterocycles. The van der Waals surface area contributed by atoms with E-state index in [0.29, 0.717) is 5.52 Å². The quantitative estimate of drug-likeness (QED) is 0.616. The van der Waals surface area contributed by atoms with Crippen LogP contribution < -0.4 is 0 Å². The summed E-state index contributed by atoms with van der Waals surface area (Å²) in [6.07, 6.45) is -2.61. The van der Waals surface area contributed by atoms with E-state index >= 15 is 0 Å². The summed E-state index contributed by atoms with van der Waals surface area (Å²) < 4.78 is 38.2. The Balaban J connectivity index is 0.000000921. The van der Waals surface area contributed by atoms with E-state index in [1.807, 2.05) is 20.8 Å². The first kappa shape index (κ1) is 19.2. The number of pyridine rings is 1. The molecule has 0 bridgehead atoms. The smallest absolute Gasteiger partial charge is 0.253 e. The minimum absolute atomic E-state index is 0.167. The molecule has 4 heteroatoms. The van der Waals surface area contributed by atoms with E-state index in [1.165, 1.54) is 12.1 Å². The predicted octanol–water partition coefficient (Wildman–Crippen LogP) is 6.03. The van der Waals surface area contributed by atoms with E-state index in [2.05, 4.69) is 18.1 Å². The molecule has 0 radical (unpaired) electrons. The summed E-state index contributed by atoms with van der Waals surface area (Å²) in [5, 5.41) is 0.167. The minimum Gasteiger partial charge on any atom is -0.253 e. The van der Waals surface area contributed by atoms with Gasteiger partial charge in [-0.05, 0) is 24.6 Å². The number of aryl methyl sites for hydroxylation is 1. The van der Waals surface area contributed by atoms with Gasteiger partial charge in [0, 0.05) is 11.1 Å². The summed E-state index contributed by atoms with van der Waals surface area (Å²) in [5.41, 5.74) is 0.621. The van der Waals surface area contributed by atoms with Crippen LogP contribution in [-0.4, -0.2) is 4.98 Å². The Morgan fingerprint density at radius 3 is 2.19 bits per heavy atom. The molecule has 2 aromatic rings. The molecule has 0 atom stereocenters. The fourth-order valence-corrected chi connectivity index (χ4v) is 1.84. The lowest BCUT2D eigenvalue weighted by atomic mass is 10.1. The van der Waals surface area contributed by atoms with Crippen LogP contribution in [0.2, 0.25) is 0 Å². The number of hydrogen-bond acceptors (Lipinski definition) is 1. The lowest BCUT2D eigenvalue weighted by molar-refractivity contribution is -0.136. The van der Waals surface area contributed by atoms with Gasteiger partial charge in [-0.25, -0.2) is 0 Å². The third-order valence-electron chi connectivity index (χ3n) is 2.60. The standard InChI is InChI=1S/C13H12F3N.C2H6.C2H4/c1-2-4-9-7-8-10-11(13(14,15)16)5-3-6-12(10)17-9;2*1-2/h3,5-8H,2,4H2,1H3;1-2H3;1-2H2. The monoisotopic (exact) mass is 297 g/mol. The van der Waals surface area contributed by atoms with E-state index < -0.39 is 11.7 Å². The van der Waals surface area contributed by atoms with Crippen molar-refractivity contribution < 1.29 is 13.2 Å². The van der Waals surface area contributed by atoms with Gasteiger partial charge in [0.2, 0.25) is 0 Å². The molecule has 2 rings (SSSR count). The highest BCUT2D eigenvalue weighted by Gasteiger charge is 2.32. The van der Waals surface area contributed by atoms with Crippen LogP contribution >= 0.6 is 0 Å². The number of rotatable bonds is 2. The van der Waals surface area contributed by atoms with Crippen LogP contribution in [0, 0.1) is 0 Å². The van der Waals surface area contributed by atoms with Crippen LogP contribution in [0.4, 0.5) is 13.2 Å². The van der Waals surface area contributed by atoms with Gasteiger partial charge < -0.3 is 0 Å². The Labute approximate surface area is 124 Å². The molecule has 0 aliphatic heterocycles. The van der Waals surface area contributed by atoms with Crippen molar-refractivity contribution in [3.63, 3.8) is 0 Å². The van der Waals surface area contributed by atoms with Crippen LogP contribution in [-0.2, 0) is 12.6 Å². The SMILES string of the molecule is C=C.CC.CCCc1ccc2c(C(F)(F)F)cccc2n1. The molecule has 21 heavy (non-hydrogen) atoms. The maximum absolute atomic E-state index is 12.7. The molecule has 0 amide bonds. The minimum atomic E-state index is -4.33. The first-order chi connectivity index (χ1) is 10.0. The Bertz CT molecular complexity index is 547. The average molecular weight is 297 g/mol. The number of fused-ring (bicyclic) bond motifs is 1. The lowest BCUT2D eigenvalue weighted by Gasteiger charge is -2.10. The number of hydrogen-bond donors (Lipinski definition) is 0. The molecule has 0 fully saturated rings.